The van der Waals surface area contributed by atoms with Gasteiger partial charge in [0.25, 0.3) is 0 Å². The Morgan fingerprint density at radius 3 is 2.57 bits per heavy atom. The quantitative estimate of drug-likeness (QED) is 0.530. The first-order valence-corrected chi connectivity index (χ1v) is 4.17. The summed E-state index contributed by atoms with van der Waals surface area (Å²) >= 11 is 0. The summed E-state index contributed by atoms with van der Waals surface area (Å²) in [6.45, 7) is 1.72. The van der Waals surface area contributed by atoms with Crippen molar-refractivity contribution < 1.29 is 14.6 Å². The fraction of sp³-hybridized carbons (Fsp3) is 0.667. The van der Waals surface area contributed by atoms with Crippen molar-refractivity contribution in [3.63, 3.8) is 0 Å². The van der Waals surface area contributed by atoms with Crippen molar-refractivity contribution in [3.8, 4) is 0 Å². The van der Waals surface area contributed by atoms with Crippen LogP contribution in [0.3, 0.4) is 0 Å². The van der Waals surface area contributed by atoms with Crippen LogP contribution in [0.25, 0.3) is 0 Å². The third-order valence-corrected chi connectivity index (χ3v) is 1.66. The van der Waals surface area contributed by atoms with Gasteiger partial charge in [-0.25, -0.2) is 0 Å². The number of esters is 1. The fourth-order valence-corrected chi connectivity index (χ4v) is 0.837. The second kappa shape index (κ2) is 7.79. The van der Waals surface area contributed by atoms with Crippen molar-refractivity contribution in [2.24, 2.45) is 5.73 Å². The van der Waals surface area contributed by atoms with Gasteiger partial charge in [0.1, 0.15) is 5.54 Å². The predicted octanol–water partition coefficient (Wildman–Crippen LogP) is 0.627. The SMILES string of the molecule is COC(=O)C(C)(N)CC=CCCO.Cl. The van der Waals surface area contributed by atoms with E-state index in [0.717, 1.165) is 0 Å². The lowest BCUT2D eigenvalue weighted by molar-refractivity contribution is -0.146. The predicted molar refractivity (Wildman–Crippen MR) is 57.3 cm³/mol. The maximum absolute atomic E-state index is 11.1. The fourth-order valence-electron chi connectivity index (χ4n) is 0.837. The third kappa shape index (κ3) is 5.96. The van der Waals surface area contributed by atoms with Crippen molar-refractivity contribution in [2.75, 3.05) is 13.7 Å². The van der Waals surface area contributed by atoms with E-state index in [2.05, 4.69) is 4.74 Å². The Morgan fingerprint density at radius 2 is 2.14 bits per heavy atom. The number of hydrogen-bond donors (Lipinski definition) is 2. The lowest BCUT2D eigenvalue weighted by Crippen LogP contribution is -2.45. The zero-order chi connectivity index (χ0) is 10.3. The molecule has 0 aromatic heterocycles. The van der Waals surface area contributed by atoms with Crippen LogP contribution in [0.5, 0.6) is 0 Å². The van der Waals surface area contributed by atoms with Gasteiger partial charge in [-0.15, -0.1) is 12.4 Å². The Bertz CT molecular complexity index is 192. The summed E-state index contributed by atoms with van der Waals surface area (Å²) in [5.74, 6) is -0.429. The molecule has 84 valence electrons. The lowest BCUT2D eigenvalue weighted by atomic mass is 9.99. The molecule has 0 bridgehead atoms. The third-order valence-electron chi connectivity index (χ3n) is 1.66. The van der Waals surface area contributed by atoms with Crippen LogP contribution in [-0.2, 0) is 9.53 Å². The number of halogens is 1. The van der Waals surface area contributed by atoms with E-state index in [4.69, 9.17) is 10.8 Å². The van der Waals surface area contributed by atoms with Gasteiger partial charge in [0.15, 0.2) is 0 Å². The van der Waals surface area contributed by atoms with Gasteiger partial charge in [0.2, 0.25) is 0 Å². The summed E-state index contributed by atoms with van der Waals surface area (Å²) in [6.07, 6.45) is 4.55. The summed E-state index contributed by atoms with van der Waals surface area (Å²) in [7, 11) is 1.31. The molecule has 0 spiro atoms. The zero-order valence-electron chi connectivity index (χ0n) is 8.53. The zero-order valence-corrected chi connectivity index (χ0v) is 9.34. The highest BCUT2D eigenvalue weighted by Gasteiger charge is 2.27. The molecule has 0 fully saturated rings. The monoisotopic (exact) mass is 223 g/mol. The van der Waals surface area contributed by atoms with Crippen molar-refractivity contribution in [3.05, 3.63) is 12.2 Å². The van der Waals surface area contributed by atoms with E-state index in [-0.39, 0.29) is 19.0 Å². The molecule has 0 saturated heterocycles. The van der Waals surface area contributed by atoms with Crippen LogP contribution in [0.4, 0.5) is 0 Å². The van der Waals surface area contributed by atoms with Gasteiger partial charge in [-0.2, -0.15) is 0 Å². The van der Waals surface area contributed by atoms with Gasteiger partial charge in [0.05, 0.1) is 7.11 Å². The van der Waals surface area contributed by atoms with E-state index < -0.39 is 11.5 Å². The second-order valence-electron chi connectivity index (χ2n) is 3.10. The molecule has 0 aromatic rings. The molecule has 1 unspecified atom stereocenters. The molecule has 0 radical (unpaired) electrons. The lowest BCUT2D eigenvalue weighted by Gasteiger charge is -2.18. The number of carbonyl (C=O) groups excluding carboxylic acids is 1. The van der Waals surface area contributed by atoms with E-state index >= 15 is 0 Å². The highest BCUT2D eigenvalue weighted by atomic mass is 35.5. The van der Waals surface area contributed by atoms with Gasteiger partial charge in [-0.1, -0.05) is 12.2 Å². The van der Waals surface area contributed by atoms with Crippen molar-refractivity contribution in [2.45, 2.75) is 25.3 Å². The van der Waals surface area contributed by atoms with Gasteiger partial charge < -0.3 is 15.6 Å². The molecule has 14 heavy (non-hydrogen) atoms. The first kappa shape index (κ1) is 15.9. The topological polar surface area (TPSA) is 72.5 Å². The second-order valence-corrected chi connectivity index (χ2v) is 3.10. The average molecular weight is 224 g/mol. The maximum atomic E-state index is 11.1. The van der Waals surface area contributed by atoms with E-state index in [0.29, 0.717) is 12.8 Å². The molecule has 3 N–H and O–H groups in total. The number of rotatable bonds is 5. The Labute approximate surface area is 90.5 Å². The highest BCUT2D eigenvalue weighted by Crippen LogP contribution is 2.08. The summed E-state index contributed by atoms with van der Waals surface area (Å²) in [6, 6.07) is 0. The number of aliphatic hydroxyl groups is 1. The minimum Gasteiger partial charge on any atom is -0.468 e. The Balaban J connectivity index is 0. The minimum absolute atomic E-state index is 0. The van der Waals surface area contributed by atoms with Gasteiger partial charge in [-0.3, -0.25) is 4.79 Å². The molecule has 5 heteroatoms. The van der Waals surface area contributed by atoms with E-state index in [1.807, 2.05) is 0 Å². The van der Waals surface area contributed by atoms with Crippen LogP contribution in [0, 0.1) is 0 Å². The van der Waals surface area contributed by atoms with Crippen LogP contribution < -0.4 is 5.73 Å². The van der Waals surface area contributed by atoms with Crippen molar-refractivity contribution in [1.29, 1.82) is 0 Å². The molecule has 0 saturated carbocycles. The minimum atomic E-state index is -0.972. The summed E-state index contributed by atoms with van der Waals surface area (Å²) in [5.41, 5.74) is 4.69. The average Bonchev–Trinajstić information content (AvgIpc) is 2.11. The van der Waals surface area contributed by atoms with Crippen LogP contribution in [-0.4, -0.2) is 30.3 Å². The molecule has 0 heterocycles. The van der Waals surface area contributed by atoms with Gasteiger partial charge in [0, 0.05) is 6.61 Å². The number of methoxy groups -OCH3 is 1. The van der Waals surface area contributed by atoms with Crippen LogP contribution >= 0.6 is 12.4 Å². The van der Waals surface area contributed by atoms with E-state index in [1.54, 1.807) is 19.1 Å². The highest BCUT2D eigenvalue weighted by molar-refractivity contribution is 5.85. The summed E-state index contributed by atoms with van der Waals surface area (Å²) in [5, 5.41) is 8.48. The molecular formula is C9H18ClNO3. The number of aliphatic hydroxyl groups excluding tert-OH is 1. The van der Waals surface area contributed by atoms with Gasteiger partial charge >= 0.3 is 5.97 Å². The molecule has 0 aliphatic heterocycles. The normalized spacial score (nSPS) is 14.6. The van der Waals surface area contributed by atoms with Gasteiger partial charge in [-0.05, 0) is 19.8 Å². The number of nitrogens with two attached hydrogens (primary N) is 1. The summed E-state index contributed by atoms with van der Waals surface area (Å²) < 4.78 is 4.52. The molecule has 0 amide bonds. The Kier molecular flexibility index (Phi) is 8.83. The molecule has 4 nitrogen and oxygen atoms in total. The smallest absolute Gasteiger partial charge is 0.325 e. The molecule has 0 aromatic carbocycles. The standard InChI is InChI=1S/C9H17NO3.ClH/c1-9(10,8(12)13-2)6-4-3-5-7-11;/h3-4,11H,5-7,10H2,1-2H3;1H. The number of carbonyl (C=O) groups is 1. The van der Waals surface area contributed by atoms with Crippen LogP contribution in [0.1, 0.15) is 19.8 Å². The van der Waals surface area contributed by atoms with Crippen LogP contribution in [0.15, 0.2) is 12.2 Å². The Morgan fingerprint density at radius 1 is 1.57 bits per heavy atom. The molecule has 1 atom stereocenters. The van der Waals surface area contributed by atoms with Crippen molar-refractivity contribution in [1.82, 2.24) is 0 Å². The number of ether oxygens (including phenoxy) is 1. The maximum Gasteiger partial charge on any atom is 0.325 e. The van der Waals surface area contributed by atoms with Crippen molar-refractivity contribution >= 4 is 18.4 Å². The molecular weight excluding hydrogens is 206 g/mol. The van der Waals surface area contributed by atoms with E-state index in [9.17, 15) is 4.79 Å². The first-order valence-electron chi connectivity index (χ1n) is 4.17. The molecule has 0 aliphatic carbocycles. The first-order chi connectivity index (χ1) is 6.04. The number of hydrogen-bond acceptors (Lipinski definition) is 4. The van der Waals surface area contributed by atoms with Crippen LogP contribution in [0.2, 0.25) is 0 Å². The Hall–Kier alpha value is -0.580. The van der Waals surface area contributed by atoms with E-state index in [1.165, 1.54) is 7.11 Å². The molecule has 0 rings (SSSR count). The molecule has 0 aliphatic rings. The summed E-state index contributed by atoms with van der Waals surface area (Å²) in [4.78, 5) is 11.1. The largest absolute Gasteiger partial charge is 0.468 e.